The zero-order chi connectivity index (χ0) is 15.2. The summed E-state index contributed by atoms with van der Waals surface area (Å²) in [5.41, 5.74) is 3.91. The van der Waals surface area contributed by atoms with Gasteiger partial charge in [0.05, 0.1) is 5.02 Å². The Bertz CT molecular complexity index is 596. The first-order valence-corrected chi connectivity index (χ1v) is 8.61. The number of nitrogens with one attached hydrogen (secondary N) is 1. The van der Waals surface area contributed by atoms with Gasteiger partial charge in [0.1, 0.15) is 0 Å². The second-order valence-electron chi connectivity index (χ2n) is 5.54. The Kier molecular flexibility index (Phi) is 6.16. The molecule has 112 valence electrons. The first kappa shape index (κ1) is 16.4. The maximum Gasteiger partial charge on any atom is 0.0545 e. The molecule has 0 aliphatic heterocycles. The van der Waals surface area contributed by atoms with Crippen molar-refractivity contribution in [1.29, 1.82) is 0 Å². The number of benzene rings is 2. The molecule has 2 aromatic rings. The fraction of sp³-hybridized carbons (Fsp3) is 0.333. The van der Waals surface area contributed by atoms with Gasteiger partial charge in [0.2, 0.25) is 0 Å². The molecule has 0 aliphatic carbocycles. The van der Waals surface area contributed by atoms with Crippen LogP contribution in [0.15, 0.2) is 47.4 Å². The molecule has 0 radical (unpaired) electrons. The van der Waals surface area contributed by atoms with E-state index in [0.717, 1.165) is 17.3 Å². The third-order valence-electron chi connectivity index (χ3n) is 3.21. The first-order chi connectivity index (χ1) is 10.1. The first-order valence-electron chi connectivity index (χ1n) is 7.25. The molecule has 21 heavy (non-hydrogen) atoms. The molecule has 0 saturated heterocycles. The molecule has 0 aliphatic rings. The van der Waals surface area contributed by atoms with Crippen molar-refractivity contribution in [2.45, 2.75) is 44.0 Å². The van der Waals surface area contributed by atoms with Gasteiger partial charge < -0.3 is 5.32 Å². The van der Waals surface area contributed by atoms with E-state index in [1.165, 1.54) is 21.6 Å². The molecule has 0 amide bonds. The van der Waals surface area contributed by atoms with Crippen LogP contribution in [-0.2, 0) is 12.3 Å². The molecule has 2 rings (SSSR count). The number of aryl methyl sites for hydroxylation is 1. The molecule has 0 saturated carbocycles. The second-order valence-corrected chi connectivity index (χ2v) is 6.93. The molecule has 0 atom stereocenters. The van der Waals surface area contributed by atoms with Crippen LogP contribution in [0, 0.1) is 6.92 Å². The van der Waals surface area contributed by atoms with E-state index in [1.807, 2.05) is 23.9 Å². The summed E-state index contributed by atoms with van der Waals surface area (Å²) in [5.74, 6) is 0.945. The molecule has 2 aromatic carbocycles. The third kappa shape index (κ3) is 5.06. The molecule has 1 nitrogen and oxygen atoms in total. The summed E-state index contributed by atoms with van der Waals surface area (Å²) in [6, 6.07) is 15.3. The van der Waals surface area contributed by atoms with Gasteiger partial charge in [-0.05, 0) is 24.1 Å². The molecule has 0 aromatic heterocycles. The Morgan fingerprint density at radius 2 is 1.90 bits per heavy atom. The van der Waals surface area contributed by atoms with Crippen molar-refractivity contribution in [3.05, 3.63) is 64.2 Å². The largest absolute Gasteiger partial charge is 0.310 e. The average Bonchev–Trinajstić information content (AvgIpc) is 2.44. The van der Waals surface area contributed by atoms with Crippen LogP contribution in [0.1, 0.15) is 30.5 Å². The second kappa shape index (κ2) is 7.88. The maximum atomic E-state index is 6.39. The van der Waals surface area contributed by atoms with Crippen LogP contribution in [0.4, 0.5) is 0 Å². The van der Waals surface area contributed by atoms with E-state index in [1.54, 1.807) is 0 Å². The smallest absolute Gasteiger partial charge is 0.0545 e. The van der Waals surface area contributed by atoms with E-state index in [-0.39, 0.29) is 0 Å². The number of halogens is 1. The Hall–Kier alpha value is -0.960. The molecule has 0 bridgehead atoms. The fourth-order valence-electron chi connectivity index (χ4n) is 2.13. The summed E-state index contributed by atoms with van der Waals surface area (Å²) in [4.78, 5) is 1.19. The summed E-state index contributed by atoms with van der Waals surface area (Å²) in [5, 5.41) is 4.31. The van der Waals surface area contributed by atoms with Gasteiger partial charge in [0.25, 0.3) is 0 Å². The summed E-state index contributed by atoms with van der Waals surface area (Å²) in [6.07, 6.45) is 0. The average molecular weight is 320 g/mol. The molecular formula is C18H22ClNS. The number of rotatable bonds is 6. The van der Waals surface area contributed by atoms with Gasteiger partial charge in [0, 0.05) is 23.2 Å². The molecule has 0 heterocycles. The van der Waals surface area contributed by atoms with E-state index in [4.69, 9.17) is 11.6 Å². The van der Waals surface area contributed by atoms with Gasteiger partial charge >= 0.3 is 0 Å². The maximum absolute atomic E-state index is 6.39. The van der Waals surface area contributed by atoms with Crippen molar-refractivity contribution in [2.75, 3.05) is 0 Å². The van der Waals surface area contributed by atoms with E-state index in [9.17, 15) is 0 Å². The van der Waals surface area contributed by atoms with Crippen LogP contribution in [0.5, 0.6) is 0 Å². The van der Waals surface area contributed by atoms with Gasteiger partial charge in [-0.25, -0.2) is 0 Å². The zero-order valence-corrected chi connectivity index (χ0v) is 14.4. The van der Waals surface area contributed by atoms with Gasteiger partial charge in [-0.1, -0.05) is 67.4 Å². The van der Waals surface area contributed by atoms with E-state index in [0.29, 0.717) is 6.04 Å². The number of hydrogen-bond acceptors (Lipinski definition) is 2. The molecule has 0 spiro atoms. The normalized spacial score (nSPS) is 11.1. The summed E-state index contributed by atoms with van der Waals surface area (Å²) < 4.78 is 0. The SMILES string of the molecule is Cc1cccc(CSc2c(Cl)cccc2CNC(C)C)c1. The molecule has 0 fully saturated rings. The molecule has 0 unspecified atom stereocenters. The Morgan fingerprint density at radius 1 is 1.14 bits per heavy atom. The molecule has 1 N–H and O–H groups in total. The molecular weight excluding hydrogens is 298 g/mol. The van der Waals surface area contributed by atoms with Crippen LogP contribution >= 0.6 is 23.4 Å². The highest BCUT2D eigenvalue weighted by atomic mass is 35.5. The van der Waals surface area contributed by atoms with Crippen molar-refractivity contribution in [2.24, 2.45) is 0 Å². The lowest BCUT2D eigenvalue weighted by Crippen LogP contribution is -2.22. The highest BCUT2D eigenvalue weighted by Crippen LogP contribution is 2.33. The van der Waals surface area contributed by atoms with Crippen LogP contribution in [0.3, 0.4) is 0 Å². The predicted octanol–water partition coefficient (Wildman–Crippen LogP) is 5.44. The highest BCUT2D eigenvalue weighted by Gasteiger charge is 2.08. The predicted molar refractivity (Wildman–Crippen MR) is 94.2 cm³/mol. The van der Waals surface area contributed by atoms with Crippen molar-refractivity contribution >= 4 is 23.4 Å². The summed E-state index contributed by atoms with van der Waals surface area (Å²) in [7, 11) is 0. The fourth-order valence-corrected chi connectivity index (χ4v) is 3.51. The Morgan fingerprint density at radius 3 is 2.62 bits per heavy atom. The van der Waals surface area contributed by atoms with Crippen LogP contribution in [-0.4, -0.2) is 6.04 Å². The van der Waals surface area contributed by atoms with Crippen LogP contribution in [0.25, 0.3) is 0 Å². The minimum atomic E-state index is 0.471. The van der Waals surface area contributed by atoms with Crippen molar-refractivity contribution < 1.29 is 0 Å². The van der Waals surface area contributed by atoms with E-state index < -0.39 is 0 Å². The minimum absolute atomic E-state index is 0.471. The third-order valence-corrected chi connectivity index (χ3v) is 4.89. The standard InChI is InChI=1S/C18H22ClNS/c1-13(2)20-11-16-8-5-9-17(19)18(16)21-12-15-7-4-6-14(3)10-15/h4-10,13,20H,11-12H2,1-3H3. The lowest BCUT2D eigenvalue weighted by Gasteiger charge is -2.14. The summed E-state index contributed by atoms with van der Waals surface area (Å²) in [6.45, 7) is 7.30. The minimum Gasteiger partial charge on any atom is -0.310 e. The lowest BCUT2D eigenvalue weighted by molar-refractivity contribution is 0.585. The quantitative estimate of drug-likeness (QED) is 0.712. The van der Waals surface area contributed by atoms with Gasteiger partial charge in [-0.15, -0.1) is 11.8 Å². The van der Waals surface area contributed by atoms with Gasteiger partial charge in [-0.3, -0.25) is 0 Å². The lowest BCUT2D eigenvalue weighted by atomic mass is 10.2. The van der Waals surface area contributed by atoms with Crippen molar-refractivity contribution in [1.82, 2.24) is 5.32 Å². The van der Waals surface area contributed by atoms with E-state index in [2.05, 4.69) is 56.4 Å². The monoisotopic (exact) mass is 319 g/mol. The van der Waals surface area contributed by atoms with E-state index >= 15 is 0 Å². The van der Waals surface area contributed by atoms with Crippen molar-refractivity contribution in [3.8, 4) is 0 Å². The van der Waals surface area contributed by atoms with Crippen molar-refractivity contribution in [3.63, 3.8) is 0 Å². The summed E-state index contributed by atoms with van der Waals surface area (Å²) >= 11 is 8.21. The number of thioether (sulfide) groups is 1. The van der Waals surface area contributed by atoms with Crippen LogP contribution < -0.4 is 5.32 Å². The van der Waals surface area contributed by atoms with Crippen LogP contribution in [0.2, 0.25) is 5.02 Å². The Labute approximate surface area is 137 Å². The van der Waals surface area contributed by atoms with Gasteiger partial charge in [0.15, 0.2) is 0 Å². The number of hydrogen-bond donors (Lipinski definition) is 1. The highest BCUT2D eigenvalue weighted by molar-refractivity contribution is 7.98. The Balaban J connectivity index is 2.11. The topological polar surface area (TPSA) is 12.0 Å². The van der Waals surface area contributed by atoms with Gasteiger partial charge in [-0.2, -0.15) is 0 Å². The zero-order valence-electron chi connectivity index (χ0n) is 12.8. The molecule has 3 heteroatoms.